The highest BCUT2D eigenvalue weighted by atomic mass is 16.6. The van der Waals surface area contributed by atoms with Gasteiger partial charge in [0.25, 0.3) is 0 Å². The van der Waals surface area contributed by atoms with E-state index in [1.54, 1.807) is 0 Å². The summed E-state index contributed by atoms with van der Waals surface area (Å²) in [6.07, 6.45) is 4.70. The summed E-state index contributed by atoms with van der Waals surface area (Å²) >= 11 is 0. The van der Waals surface area contributed by atoms with Crippen LogP contribution in [0, 0.1) is 0 Å². The summed E-state index contributed by atoms with van der Waals surface area (Å²) in [5, 5.41) is 0. The second-order valence-electron chi connectivity index (χ2n) is 4.13. The summed E-state index contributed by atoms with van der Waals surface area (Å²) in [4.78, 5) is 44.5. The molecule has 0 aliphatic carbocycles. The van der Waals surface area contributed by atoms with E-state index in [0.29, 0.717) is 12.8 Å². The van der Waals surface area contributed by atoms with Crippen LogP contribution in [-0.4, -0.2) is 23.9 Å². The minimum Gasteiger partial charge on any atom is -0.390 e. The third-order valence-corrected chi connectivity index (χ3v) is 2.25. The topological polar surface area (TPSA) is 86.7 Å². The Balaban J connectivity index is 4.02. The first kappa shape index (κ1) is 18.0. The molecule has 0 rings (SSSR count). The van der Waals surface area contributed by atoms with E-state index in [1.165, 1.54) is 0 Å². The number of ether oxygens (including phenoxy) is 2. The molecule has 0 aromatic rings. The molecular weight excluding hydrogens is 264 g/mol. The molecule has 0 unspecified atom stereocenters. The number of rotatable bonds is 8. The summed E-state index contributed by atoms with van der Waals surface area (Å²) in [6, 6.07) is 0. The van der Waals surface area contributed by atoms with E-state index in [0.717, 1.165) is 25.0 Å². The molecule has 0 aromatic carbocycles. The number of hydrogen-bond acceptors (Lipinski definition) is 6. The van der Waals surface area contributed by atoms with Crippen molar-refractivity contribution in [3.63, 3.8) is 0 Å². The molecule has 0 fully saturated rings. The van der Waals surface area contributed by atoms with E-state index in [-0.39, 0.29) is 12.8 Å². The van der Waals surface area contributed by atoms with Crippen molar-refractivity contribution in [2.45, 2.75) is 52.4 Å². The lowest BCUT2D eigenvalue weighted by Crippen LogP contribution is -2.12. The lowest BCUT2D eigenvalue weighted by atomic mass is 10.2. The van der Waals surface area contributed by atoms with Crippen LogP contribution >= 0.6 is 0 Å². The Hall–Kier alpha value is -1.98. The number of unbranched alkanes of at least 4 members (excludes halogenated alkanes) is 2. The number of esters is 4. The highest BCUT2D eigenvalue weighted by Gasteiger charge is 2.10. The molecule has 6 nitrogen and oxygen atoms in total. The van der Waals surface area contributed by atoms with Crippen LogP contribution in [0.1, 0.15) is 52.4 Å². The van der Waals surface area contributed by atoms with Crippen LogP contribution < -0.4 is 0 Å². The fraction of sp³-hybridized carbons (Fsp3) is 0.571. The van der Waals surface area contributed by atoms with E-state index in [9.17, 15) is 19.2 Å². The van der Waals surface area contributed by atoms with Crippen molar-refractivity contribution in [3.8, 4) is 0 Å². The Morgan fingerprint density at radius 3 is 1.40 bits per heavy atom. The summed E-state index contributed by atoms with van der Waals surface area (Å²) in [5.41, 5.74) is 0. The molecule has 0 aromatic heterocycles. The van der Waals surface area contributed by atoms with Crippen LogP contribution in [0.15, 0.2) is 12.2 Å². The van der Waals surface area contributed by atoms with Gasteiger partial charge in [-0.05, 0) is 12.8 Å². The molecule has 0 saturated heterocycles. The Kier molecular flexibility index (Phi) is 9.82. The highest BCUT2D eigenvalue weighted by molar-refractivity contribution is 5.98. The Morgan fingerprint density at radius 2 is 1.10 bits per heavy atom. The molecule has 0 aliphatic heterocycles. The average Bonchev–Trinajstić information content (AvgIpc) is 2.40. The molecule has 112 valence electrons. The molecule has 20 heavy (non-hydrogen) atoms. The van der Waals surface area contributed by atoms with E-state index >= 15 is 0 Å². The zero-order chi connectivity index (χ0) is 15.4. The molecule has 0 atom stereocenters. The van der Waals surface area contributed by atoms with Gasteiger partial charge < -0.3 is 9.47 Å². The van der Waals surface area contributed by atoms with E-state index in [4.69, 9.17) is 0 Å². The maximum Gasteiger partial charge on any atom is 0.338 e. The fourth-order valence-corrected chi connectivity index (χ4v) is 1.17. The lowest BCUT2D eigenvalue weighted by molar-refractivity contribution is -0.159. The number of carbonyl (C=O) groups is 4. The quantitative estimate of drug-likeness (QED) is 0.385. The molecule has 0 radical (unpaired) electrons. The summed E-state index contributed by atoms with van der Waals surface area (Å²) in [7, 11) is 0. The van der Waals surface area contributed by atoms with Gasteiger partial charge in [0.15, 0.2) is 0 Å². The fourth-order valence-electron chi connectivity index (χ4n) is 1.17. The van der Waals surface area contributed by atoms with E-state index in [2.05, 4.69) is 9.47 Å². The molecule has 0 saturated carbocycles. The molecule has 0 heterocycles. The van der Waals surface area contributed by atoms with Crippen molar-refractivity contribution in [3.05, 3.63) is 12.2 Å². The number of carbonyl (C=O) groups excluding carboxylic acids is 4. The summed E-state index contributed by atoms with van der Waals surface area (Å²) < 4.78 is 8.83. The third-order valence-electron chi connectivity index (χ3n) is 2.25. The number of hydrogen-bond donors (Lipinski definition) is 0. The van der Waals surface area contributed by atoms with Crippen LogP contribution in [0.2, 0.25) is 0 Å². The van der Waals surface area contributed by atoms with E-state index in [1.807, 2.05) is 13.8 Å². The molecule has 0 bridgehead atoms. The van der Waals surface area contributed by atoms with Gasteiger partial charge in [-0.1, -0.05) is 26.7 Å². The Bertz CT molecular complexity index is 347. The normalized spacial score (nSPS) is 10.3. The smallest absolute Gasteiger partial charge is 0.338 e. The van der Waals surface area contributed by atoms with E-state index < -0.39 is 23.9 Å². The van der Waals surface area contributed by atoms with Crippen LogP contribution in [0.3, 0.4) is 0 Å². The van der Waals surface area contributed by atoms with Crippen LogP contribution in [0.25, 0.3) is 0 Å². The third kappa shape index (κ3) is 9.99. The first-order valence-corrected chi connectivity index (χ1v) is 6.66. The van der Waals surface area contributed by atoms with Crippen LogP contribution in [0.5, 0.6) is 0 Å². The molecule has 0 spiro atoms. The van der Waals surface area contributed by atoms with Crippen LogP contribution in [0.4, 0.5) is 0 Å². The van der Waals surface area contributed by atoms with Crippen molar-refractivity contribution < 1.29 is 28.7 Å². The monoisotopic (exact) mass is 284 g/mol. The Morgan fingerprint density at radius 1 is 0.750 bits per heavy atom. The first-order valence-electron chi connectivity index (χ1n) is 6.66. The van der Waals surface area contributed by atoms with Gasteiger partial charge in [0.2, 0.25) is 0 Å². The molecular formula is C14H20O6. The van der Waals surface area contributed by atoms with Crippen molar-refractivity contribution in [2.75, 3.05) is 0 Å². The largest absolute Gasteiger partial charge is 0.390 e. The Labute approximate surface area is 118 Å². The summed E-state index contributed by atoms with van der Waals surface area (Å²) in [5.74, 6) is -3.20. The van der Waals surface area contributed by atoms with Gasteiger partial charge in [0.05, 0.1) is 0 Å². The lowest BCUT2D eigenvalue weighted by Gasteiger charge is -1.99. The van der Waals surface area contributed by atoms with Crippen molar-refractivity contribution >= 4 is 23.9 Å². The standard InChI is InChI=1S/C14H20O6/c1-3-5-7-11(15)19-13(17)9-10-14(18)20-12(16)8-6-4-2/h9-10H,3-8H2,1-2H3/b10-9-. The van der Waals surface area contributed by atoms with Gasteiger partial charge in [0, 0.05) is 25.0 Å². The average molecular weight is 284 g/mol. The molecule has 0 amide bonds. The maximum absolute atomic E-state index is 11.2. The van der Waals surface area contributed by atoms with Gasteiger partial charge in [-0.25, -0.2) is 9.59 Å². The predicted molar refractivity (Wildman–Crippen MR) is 70.4 cm³/mol. The minimum atomic E-state index is -0.955. The first-order chi connectivity index (χ1) is 9.49. The minimum absolute atomic E-state index is 0.149. The maximum atomic E-state index is 11.2. The highest BCUT2D eigenvalue weighted by Crippen LogP contribution is 1.99. The van der Waals surface area contributed by atoms with Crippen molar-refractivity contribution in [2.24, 2.45) is 0 Å². The van der Waals surface area contributed by atoms with Gasteiger partial charge in [-0.2, -0.15) is 0 Å². The second kappa shape index (κ2) is 10.9. The van der Waals surface area contributed by atoms with Crippen LogP contribution in [-0.2, 0) is 28.7 Å². The van der Waals surface area contributed by atoms with Gasteiger partial charge in [-0.3, -0.25) is 9.59 Å². The zero-order valence-corrected chi connectivity index (χ0v) is 11.8. The SMILES string of the molecule is CCCCC(=O)OC(=O)/C=C\C(=O)OC(=O)CCCC. The molecule has 0 aliphatic rings. The van der Waals surface area contributed by atoms with Gasteiger partial charge >= 0.3 is 23.9 Å². The second-order valence-corrected chi connectivity index (χ2v) is 4.13. The zero-order valence-electron chi connectivity index (χ0n) is 11.8. The van der Waals surface area contributed by atoms with Gasteiger partial charge in [0.1, 0.15) is 0 Å². The van der Waals surface area contributed by atoms with Crippen molar-refractivity contribution in [1.82, 2.24) is 0 Å². The molecule has 0 N–H and O–H groups in total. The predicted octanol–water partition coefficient (Wildman–Crippen LogP) is 2.06. The van der Waals surface area contributed by atoms with Crippen molar-refractivity contribution in [1.29, 1.82) is 0 Å². The van der Waals surface area contributed by atoms with Gasteiger partial charge in [-0.15, -0.1) is 0 Å². The molecule has 6 heteroatoms. The summed E-state index contributed by atoms with van der Waals surface area (Å²) in [6.45, 7) is 3.81.